The van der Waals surface area contributed by atoms with Gasteiger partial charge < -0.3 is 5.32 Å². The van der Waals surface area contributed by atoms with Gasteiger partial charge in [-0.3, -0.25) is 10.1 Å². The Morgan fingerprint density at radius 3 is 2.50 bits per heavy atom. The lowest BCUT2D eigenvalue weighted by Crippen LogP contribution is -2.14. The number of benzene rings is 2. The summed E-state index contributed by atoms with van der Waals surface area (Å²) in [6.07, 6.45) is 0. The van der Waals surface area contributed by atoms with Gasteiger partial charge in [-0.1, -0.05) is 24.3 Å². The van der Waals surface area contributed by atoms with Crippen LogP contribution in [0.15, 0.2) is 53.4 Å². The number of nitrogens with two attached hydrogens (primary N) is 1. The molecule has 0 aliphatic heterocycles. The van der Waals surface area contributed by atoms with Gasteiger partial charge in [0.25, 0.3) is 5.69 Å². The summed E-state index contributed by atoms with van der Waals surface area (Å²) < 4.78 is 22.8. The lowest BCUT2D eigenvalue weighted by molar-refractivity contribution is -0.384. The molecule has 22 heavy (non-hydrogen) atoms. The molecular weight excluding hydrogens is 306 g/mol. The molecule has 0 radical (unpaired) electrons. The first-order valence-electron chi connectivity index (χ1n) is 6.42. The second-order valence-corrected chi connectivity index (χ2v) is 6.32. The Kier molecular flexibility index (Phi) is 4.43. The molecule has 2 rings (SSSR count). The highest BCUT2D eigenvalue weighted by molar-refractivity contribution is 7.89. The summed E-state index contributed by atoms with van der Waals surface area (Å²) in [6.45, 7) is 1.78. The molecule has 3 N–H and O–H groups in total. The number of nitrogens with zero attached hydrogens (tertiary/aromatic N) is 1. The van der Waals surface area contributed by atoms with E-state index >= 15 is 0 Å². The van der Waals surface area contributed by atoms with Crippen LogP contribution in [0.25, 0.3) is 0 Å². The molecule has 8 heteroatoms. The Hall–Kier alpha value is -2.45. The van der Waals surface area contributed by atoms with Gasteiger partial charge in [-0.25, -0.2) is 13.6 Å². The first kappa shape index (κ1) is 15.9. The molecule has 1 atom stereocenters. The predicted molar refractivity (Wildman–Crippen MR) is 82.9 cm³/mol. The van der Waals surface area contributed by atoms with E-state index in [9.17, 15) is 18.5 Å². The summed E-state index contributed by atoms with van der Waals surface area (Å²) in [5.74, 6) is 0. The van der Waals surface area contributed by atoms with Crippen LogP contribution in [0, 0.1) is 10.1 Å². The summed E-state index contributed by atoms with van der Waals surface area (Å²) in [4.78, 5) is 10.5. The Bertz CT molecular complexity index is 805. The Labute approximate surface area is 128 Å². The number of primary sulfonamides is 1. The van der Waals surface area contributed by atoms with E-state index < -0.39 is 14.9 Å². The van der Waals surface area contributed by atoms with Crippen molar-refractivity contribution >= 4 is 21.4 Å². The molecule has 7 nitrogen and oxygen atoms in total. The van der Waals surface area contributed by atoms with E-state index in [1.165, 1.54) is 18.2 Å². The highest BCUT2D eigenvalue weighted by Gasteiger charge is 2.16. The first-order valence-corrected chi connectivity index (χ1v) is 7.96. The number of anilines is 1. The van der Waals surface area contributed by atoms with Crippen molar-refractivity contribution in [3.8, 4) is 0 Å². The minimum absolute atomic E-state index is 0.00112. The number of nitrogens with one attached hydrogen (secondary N) is 1. The summed E-state index contributed by atoms with van der Waals surface area (Å²) in [5, 5.41) is 19.1. The van der Waals surface area contributed by atoms with Crippen molar-refractivity contribution in [3.05, 3.63) is 64.2 Å². The molecule has 2 aromatic carbocycles. The standard InChI is InChI=1S/C14H15N3O4S/c1-10(11-5-4-6-12(9-11)22(15,20)21)16-13-7-2-3-8-14(13)17(18)19/h2-10,16H,1H3,(H2,15,20,21)/t10-/m0/s1. The van der Waals surface area contributed by atoms with Crippen molar-refractivity contribution in [3.63, 3.8) is 0 Å². The third kappa shape index (κ3) is 3.60. The number of nitro benzene ring substituents is 1. The molecule has 0 amide bonds. The van der Waals surface area contributed by atoms with Gasteiger partial charge in [0.2, 0.25) is 10.0 Å². The van der Waals surface area contributed by atoms with Crippen LogP contribution in [-0.4, -0.2) is 13.3 Å². The monoisotopic (exact) mass is 321 g/mol. The summed E-state index contributed by atoms with van der Waals surface area (Å²) in [7, 11) is -3.79. The number of nitro groups is 1. The van der Waals surface area contributed by atoms with Crippen molar-refractivity contribution in [2.24, 2.45) is 5.14 Å². The molecule has 0 unspecified atom stereocenters. The molecule has 116 valence electrons. The SMILES string of the molecule is C[C@H](Nc1ccccc1[N+](=O)[O-])c1cccc(S(N)(=O)=O)c1. The van der Waals surface area contributed by atoms with Crippen molar-refractivity contribution < 1.29 is 13.3 Å². The van der Waals surface area contributed by atoms with E-state index in [4.69, 9.17) is 5.14 Å². The lowest BCUT2D eigenvalue weighted by atomic mass is 10.1. The van der Waals surface area contributed by atoms with E-state index in [-0.39, 0.29) is 16.6 Å². The maximum atomic E-state index is 11.4. The van der Waals surface area contributed by atoms with Crippen molar-refractivity contribution in [1.82, 2.24) is 0 Å². The average Bonchev–Trinajstić information content (AvgIpc) is 2.47. The van der Waals surface area contributed by atoms with Crippen LogP contribution in [0.3, 0.4) is 0 Å². The zero-order chi connectivity index (χ0) is 16.3. The fraction of sp³-hybridized carbons (Fsp3) is 0.143. The van der Waals surface area contributed by atoms with Crippen LogP contribution in [0.4, 0.5) is 11.4 Å². The Morgan fingerprint density at radius 2 is 1.86 bits per heavy atom. The summed E-state index contributed by atoms with van der Waals surface area (Å²) in [6, 6.07) is 12.1. The smallest absolute Gasteiger partial charge is 0.292 e. The predicted octanol–water partition coefficient (Wildman–Crippen LogP) is 2.42. The van der Waals surface area contributed by atoms with Crippen LogP contribution >= 0.6 is 0 Å². The van der Waals surface area contributed by atoms with Crippen molar-refractivity contribution in [2.45, 2.75) is 17.9 Å². The van der Waals surface area contributed by atoms with Crippen LogP contribution in [0.2, 0.25) is 0 Å². The lowest BCUT2D eigenvalue weighted by Gasteiger charge is -2.16. The normalized spacial score (nSPS) is 12.6. The first-order chi connectivity index (χ1) is 10.3. The topological polar surface area (TPSA) is 115 Å². The maximum Gasteiger partial charge on any atom is 0.292 e. The second-order valence-electron chi connectivity index (χ2n) is 4.76. The minimum atomic E-state index is -3.79. The number of hydrogen-bond acceptors (Lipinski definition) is 5. The molecule has 0 saturated heterocycles. The Balaban J connectivity index is 2.31. The molecule has 0 heterocycles. The van der Waals surface area contributed by atoms with E-state index in [0.29, 0.717) is 11.3 Å². The van der Waals surface area contributed by atoms with E-state index in [1.54, 1.807) is 37.3 Å². The van der Waals surface area contributed by atoms with Crippen LogP contribution in [-0.2, 0) is 10.0 Å². The fourth-order valence-corrected chi connectivity index (χ4v) is 2.60. The Morgan fingerprint density at radius 1 is 1.18 bits per heavy atom. The third-order valence-corrected chi connectivity index (χ3v) is 4.07. The molecule has 0 aliphatic rings. The molecule has 0 spiro atoms. The molecule has 2 aromatic rings. The summed E-state index contributed by atoms with van der Waals surface area (Å²) >= 11 is 0. The van der Waals surface area contributed by atoms with E-state index in [1.807, 2.05) is 0 Å². The van der Waals surface area contributed by atoms with Gasteiger partial charge in [0, 0.05) is 12.1 Å². The van der Waals surface area contributed by atoms with Crippen LogP contribution in [0.1, 0.15) is 18.5 Å². The van der Waals surface area contributed by atoms with Gasteiger partial charge in [-0.15, -0.1) is 0 Å². The molecular formula is C14H15N3O4S. The largest absolute Gasteiger partial charge is 0.373 e. The number of para-hydroxylation sites is 2. The van der Waals surface area contributed by atoms with Gasteiger partial charge in [0.15, 0.2) is 0 Å². The molecule has 0 aliphatic carbocycles. The fourth-order valence-electron chi connectivity index (χ4n) is 2.03. The van der Waals surface area contributed by atoms with E-state index in [2.05, 4.69) is 5.32 Å². The van der Waals surface area contributed by atoms with E-state index in [0.717, 1.165) is 0 Å². The molecule has 0 aromatic heterocycles. The third-order valence-electron chi connectivity index (χ3n) is 3.16. The molecule has 0 fully saturated rings. The maximum absolute atomic E-state index is 11.4. The van der Waals surface area contributed by atoms with Gasteiger partial charge >= 0.3 is 0 Å². The highest BCUT2D eigenvalue weighted by atomic mass is 32.2. The summed E-state index contributed by atoms with van der Waals surface area (Å²) in [5.41, 5.74) is 0.975. The van der Waals surface area contributed by atoms with Crippen LogP contribution in [0.5, 0.6) is 0 Å². The van der Waals surface area contributed by atoms with Crippen LogP contribution < -0.4 is 10.5 Å². The van der Waals surface area contributed by atoms with Crippen molar-refractivity contribution in [1.29, 1.82) is 0 Å². The molecule has 0 saturated carbocycles. The quantitative estimate of drug-likeness (QED) is 0.648. The highest BCUT2D eigenvalue weighted by Crippen LogP contribution is 2.28. The molecule has 0 bridgehead atoms. The van der Waals surface area contributed by atoms with Gasteiger partial charge in [-0.05, 0) is 30.7 Å². The van der Waals surface area contributed by atoms with Gasteiger partial charge in [0.1, 0.15) is 5.69 Å². The zero-order valence-corrected chi connectivity index (χ0v) is 12.6. The average molecular weight is 321 g/mol. The minimum Gasteiger partial charge on any atom is -0.373 e. The second kappa shape index (κ2) is 6.12. The van der Waals surface area contributed by atoms with Crippen molar-refractivity contribution in [2.75, 3.05) is 5.32 Å². The van der Waals surface area contributed by atoms with Gasteiger partial charge in [-0.2, -0.15) is 0 Å². The zero-order valence-electron chi connectivity index (χ0n) is 11.8. The van der Waals surface area contributed by atoms with Gasteiger partial charge in [0.05, 0.1) is 9.82 Å². The number of sulfonamides is 1. The number of rotatable bonds is 5. The number of hydrogen-bond donors (Lipinski definition) is 2.